The van der Waals surface area contributed by atoms with Crippen LogP contribution in [0.2, 0.25) is 0 Å². The lowest BCUT2D eigenvalue weighted by atomic mass is 10.1. The molecule has 0 aromatic heterocycles. The molecular formula is C16H20N2O3. The van der Waals surface area contributed by atoms with E-state index in [2.05, 4.69) is 10.6 Å². The lowest BCUT2D eigenvalue weighted by molar-refractivity contribution is -0.127. The zero-order valence-corrected chi connectivity index (χ0v) is 12.1. The summed E-state index contributed by atoms with van der Waals surface area (Å²) in [5.41, 5.74) is 1.17. The summed E-state index contributed by atoms with van der Waals surface area (Å²) in [6.45, 7) is 1.49. The van der Waals surface area contributed by atoms with Gasteiger partial charge in [-0.05, 0) is 44.0 Å². The molecule has 1 aliphatic rings. The van der Waals surface area contributed by atoms with Crippen molar-refractivity contribution in [2.45, 2.75) is 45.1 Å². The van der Waals surface area contributed by atoms with Crippen molar-refractivity contribution in [2.75, 3.05) is 5.32 Å². The van der Waals surface area contributed by atoms with Gasteiger partial charge in [0.25, 0.3) is 0 Å². The van der Waals surface area contributed by atoms with Crippen LogP contribution in [-0.4, -0.2) is 23.6 Å². The second-order valence-corrected chi connectivity index (χ2v) is 5.41. The minimum Gasteiger partial charge on any atom is -0.353 e. The van der Waals surface area contributed by atoms with Crippen LogP contribution in [0, 0.1) is 0 Å². The first-order valence-electron chi connectivity index (χ1n) is 7.25. The Bertz CT molecular complexity index is 531. The molecule has 0 atom stereocenters. The standard InChI is InChI=1S/C16H20N2O3/c1-11(19)12-6-8-14(9-7-12)18-16(21)10-15(20)17-13-4-2-3-5-13/h6-9,13H,2-5,10H2,1H3,(H,17,20)(H,18,21). The smallest absolute Gasteiger partial charge is 0.233 e. The summed E-state index contributed by atoms with van der Waals surface area (Å²) >= 11 is 0. The van der Waals surface area contributed by atoms with Gasteiger partial charge in [0.05, 0.1) is 0 Å². The summed E-state index contributed by atoms with van der Waals surface area (Å²) in [6, 6.07) is 6.83. The van der Waals surface area contributed by atoms with Gasteiger partial charge in [-0.2, -0.15) is 0 Å². The summed E-state index contributed by atoms with van der Waals surface area (Å²) in [6.07, 6.45) is 4.10. The maximum atomic E-state index is 11.8. The van der Waals surface area contributed by atoms with Crippen LogP contribution in [0.5, 0.6) is 0 Å². The summed E-state index contributed by atoms with van der Waals surface area (Å²) in [7, 11) is 0. The number of nitrogens with one attached hydrogen (secondary N) is 2. The molecule has 1 aromatic rings. The molecule has 112 valence electrons. The van der Waals surface area contributed by atoms with Gasteiger partial charge in [0.15, 0.2) is 5.78 Å². The molecule has 1 aromatic carbocycles. The zero-order chi connectivity index (χ0) is 15.2. The van der Waals surface area contributed by atoms with Crippen LogP contribution in [0.3, 0.4) is 0 Å². The third kappa shape index (κ3) is 4.70. The number of carbonyl (C=O) groups excluding carboxylic acids is 3. The Hall–Kier alpha value is -2.17. The highest BCUT2D eigenvalue weighted by molar-refractivity contribution is 6.03. The van der Waals surface area contributed by atoms with Crippen LogP contribution in [0.1, 0.15) is 49.4 Å². The van der Waals surface area contributed by atoms with Gasteiger partial charge in [0.1, 0.15) is 6.42 Å². The fourth-order valence-electron chi connectivity index (χ4n) is 2.49. The molecule has 21 heavy (non-hydrogen) atoms. The van der Waals surface area contributed by atoms with Crippen molar-refractivity contribution in [1.82, 2.24) is 5.32 Å². The average Bonchev–Trinajstić information content (AvgIpc) is 2.91. The van der Waals surface area contributed by atoms with E-state index in [0.29, 0.717) is 11.3 Å². The number of Topliss-reactive ketones (excluding diaryl/α,β-unsaturated/α-hetero) is 1. The maximum Gasteiger partial charge on any atom is 0.233 e. The molecule has 2 amide bonds. The van der Waals surface area contributed by atoms with E-state index in [1.807, 2.05) is 0 Å². The highest BCUT2D eigenvalue weighted by Crippen LogP contribution is 2.17. The predicted molar refractivity (Wildman–Crippen MR) is 80.1 cm³/mol. The lowest BCUT2D eigenvalue weighted by Gasteiger charge is -2.11. The molecular weight excluding hydrogens is 268 g/mol. The van der Waals surface area contributed by atoms with Gasteiger partial charge in [-0.25, -0.2) is 0 Å². The van der Waals surface area contributed by atoms with Crippen molar-refractivity contribution in [3.63, 3.8) is 0 Å². The van der Waals surface area contributed by atoms with Gasteiger partial charge < -0.3 is 10.6 Å². The predicted octanol–water partition coefficient (Wildman–Crippen LogP) is 2.28. The monoisotopic (exact) mass is 288 g/mol. The molecule has 0 saturated heterocycles. The average molecular weight is 288 g/mol. The van der Waals surface area contributed by atoms with E-state index in [-0.39, 0.29) is 30.1 Å². The molecule has 0 unspecified atom stereocenters. The molecule has 1 aliphatic carbocycles. The highest BCUT2D eigenvalue weighted by atomic mass is 16.2. The molecule has 0 heterocycles. The Morgan fingerprint density at radius 2 is 1.67 bits per heavy atom. The molecule has 2 rings (SSSR count). The molecule has 5 nitrogen and oxygen atoms in total. The van der Waals surface area contributed by atoms with Crippen molar-refractivity contribution in [3.05, 3.63) is 29.8 Å². The van der Waals surface area contributed by atoms with Crippen molar-refractivity contribution < 1.29 is 14.4 Å². The van der Waals surface area contributed by atoms with E-state index >= 15 is 0 Å². The van der Waals surface area contributed by atoms with Gasteiger partial charge in [0, 0.05) is 17.3 Å². The Kier molecular flexibility index (Phi) is 5.09. The summed E-state index contributed by atoms with van der Waals surface area (Å²) in [4.78, 5) is 34.7. The van der Waals surface area contributed by atoms with E-state index in [0.717, 1.165) is 25.7 Å². The molecule has 0 radical (unpaired) electrons. The Balaban J connectivity index is 1.80. The second kappa shape index (κ2) is 7.02. The number of hydrogen-bond acceptors (Lipinski definition) is 3. The number of anilines is 1. The van der Waals surface area contributed by atoms with Crippen LogP contribution in [0.25, 0.3) is 0 Å². The van der Waals surface area contributed by atoms with E-state index in [4.69, 9.17) is 0 Å². The van der Waals surface area contributed by atoms with Crippen molar-refractivity contribution >= 4 is 23.3 Å². The van der Waals surface area contributed by atoms with Gasteiger partial charge in [-0.15, -0.1) is 0 Å². The normalized spacial score (nSPS) is 14.7. The number of carbonyl (C=O) groups is 3. The van der Waals surface area contributed by atoms with Crippen molar-refractivity contribution in [2.24, 2.45) is 0 Å². The first-order valence-corrected chi connectivity index (χ1v) is 7.25. The molecule has 1 saturated carbocycles. The van der Waals surface area contributed by atoms with E-state index in [1.165, 1.54) is 6.92 Å². The topological polar surface area (TPSA) is 75.3 Å². The number of hydrogen-bond donors (Lipinski definition) is 2. The van der Waals surface area contributed by atoms with E-state index < -0.39 is 0 Å². The minimum absolute atomic E-state index is 0.0242. The first-order chi connectivity index (χ1) is 10.0. The van der Waals surface area contributed by atoms with Gasteiger partial charge in [-0.3, -0.25) is 14.4 Å². The number of ketones is 1. The third-order valence-corrected chi connectivity index (χ3v) is 3.62. The minimum atomic E-state index is -0.346. The van der Waals surface area contributed by atoms with Crippen molar-refractivity contribution in [3.8, 4) is 0 Å². The van der Waals surface area contributed by atoms with Crippen LogP contribution >= 0.6 is 0 Å². The SMILES string of the molecule is CC(=O)c1ccc(NC(=O)CC(=O)NC2CCCC2)cc1. The fraction of sp³-hybridized carbons (Fsp3) is 0.438. The second-order valence-electron chi connectivity index (χ2n) is 5.41. The third-order valence-electron chi connectivity index (χ3n) is 3.62. The summed E-state index contributed by atoms with van der Waals surface area (Å²) < 4.78 is 0. The highest BCUT2D eigenvalue weighted by Gasteiger charge is 2.18. The van der Waals surface area contributed by atoms with Crippen LogP contribution < -0.4 is 10.6 Å². The van der Waals surface area contributed by atoms with E-state index in [9.17, 15) is 14.4 Å². The molecule has 0 bridgehead atoms. The van der Waals surface area contributed by atoms with E-state index in [1.54, 1.807) is 24.3 Å². The van der Waals surface area contributed by atoms with Crippen molar-refractivity contribution in [1.29, 1.82) is 0 Å². The van der Waals surface area contributed by atoms with Gasteiger partial charge >= 0.3 is 0 Å². The molecule has 0 spiro atoms. The number of rotatable bonds is 5. The molecule has 1 fully saturated rings. The van der Waals surface area contributed by atoms with Crippen LogP contribution in [0.15, 0.2) is 24.3 Å². The molecule has 0 aliphatic heterocycles. The first kappa shape index (κ1) is 15.2. The molecule has 2 N–H and O–H groups in total. The quantitative estimate of drug-likeness (QED) is 0.644. The number of amides is 2. The largest absolute Gasteiger partial charge is 0.353 e. The lowest BCUT2D eigenvalue weighted by Crippen LogP contribution is -2.35. The summed E-state index contributed by atoms with van der Waals surface area (Å²) in [5, 5.41) is 5.53. The van der Waals surface area contributed by atoms with Gasteiger partial charge in [-0.1, -0.05) is 12.8 Å². The Labute approximate surface area is 124 Å². The van der Waals surface area contributed by atoms with Crippen LogP contribution in [-0.2, 0) is 9.59 Å². The van der Waals surface area contributed by atoms with Crippen LogP contribution in [0.4, 0.5) is 5.69 Å². The Morgan fingerprint density at radius 1 is 1.05 bits per heavy atom. The zero-order valence-electron chi connectivity index (χ0n) is 12.1. The summed E-state index contributed by atoms with van der Waals surface area (Å²) in [5.74, 6) is -0.607. The molecule has 5 heteroatoms. The fourth-order valence-corrected chi connectivity index (χ4v) is 2.49. The van der Waals surface area contributed by atoms with Gasteiger partial charge in [0.2, 0.25) is 11.8 Å². The Morgan fingerprint density at radius 3 is 2.24 bits per heavy atom. The maximum absolute atomic E-state index is 11.8. The number of benzene rings is 1.